The van der Waals surface area contributed by atoms with Crippen LogP contribution in [-0.4, -0.2) is 15.2 Å². The van der Waals surface area contributed by atoms with Crippen molar-refractivity contribution < 1.29 is 0 Å². The summed E-state index contributed by atoms with van der Waals surface area (Å²) >= 11 is 3.50. The number of nitrogen functional groups attached to an aromatic ring is 1. The Balaban J connectivity index is 2.36. The molecular formula is C11H9BrN4. The number of benzene rings is 1. The Bertz CT molecular complexity index is 653. The van der Waals surface area contributed by atoms with Gasteiger partial charge in [0.05, 0.1) is 11.7 Å². The monoisotopic (exact) mass is 276 g/mol. The molecule has 16 heavy (non-hydrogen) atoms. The number of rotatable bonds is 1. The number of para-hydroxylation sites is 1. The second kappa shape index (κ2) is 3.38. The number of nitrogens with two attached hydrogens (primary N) is 1. The maximum absolute atomic E-state index is 5.83. The summed E-state index contributed by atoms with van der Waals surface area (Å²) in [5.74, 6) is 0.582. The van der Waals surface area contributed by atoms with Gasteiger partial charge in [0, 0.05) is 27.2 Å². The number of hydrogen-bond acceptors (Lipinski definition) is 2. The lowest BCUT2D eigenvalue weighted by atomic mass is 10.1. The number of aromatic amines is 2. The lowest BCUT2D eigenvalue weighted by molar-refractivity contribution is 1.10. The average Bonchev–Trinajstić information content (AvgIpc) is 2.86. The van der Waals surface area contributed by atoms with Gasteiger partial charge in [-0.05, 0) is 15.9 Å². The van der Waals surface area contributed by atoms with Crippen molar-refractivity contribution in [2.45, 2.75) is 0 Å². The molecule has 0 radical (unpaired) electrons. The Labute approximate surface area is 100.0 Å². The lowest BCUT2D eigenvalue weighted by Gasteiger charge is -2.01. The van der Waals surface area contributed by atoms with Crippen LogP contribution in [0.2, 0.25) is 0 Å². The number of nitrogens with zero attached hydrogens (tertiary/aromatic N) is 1. The molecule has 0 saturated carbocycles. The largest absolute Gasteiger partial charge is 0.384 e. The molecule has 1 aromatic carbocycles. The molecule has 2 heterocycles. The van der Waals surface area contributed by atoms with Crippen LogP contribution in [-0.2, 0) is 0 Å². The molecule has 4 nitrogen and oxygen atoms in total. The van der Waals surface area contributed by atoms with Gasteiger partial charge in [0.1, 0.15) is 5.82 Å². The second-order valence-electron chi connectivity index (χ2n) is 3.56. The molecule has 0 spiro atoms. The lowest BCUT2D eigenvalue weighted by Crippen LogP contribution is -1.88. The van der Waals surface area contributed by atoms with Gasteiger partial charge in [-0.1, -0.05) is 18.2 Å². The highest BCUT2D eigenvalue weighted by Gasteiger charge is 2.10. The Morgan fingerprint density at radius 3 is 2.88 bits per heavy atom. The van der Waals surface area contributed by atoms with Crippen molar-refractivity contribution in [3.05, 3.63) is 35.1 Å². The zero-order valence-electron chi connectivity index (χ0n) is 8.29. The van der Waals surface area contributed by atoms with E-state index in [-0.39, 0.29) is 0 Å². The summed E-state index contributed by atoms with van der Waals surface area (Å²) in [7, 11) is 0. The Morgan fingerprint density at radius 2 is 2.12 bits per heavy atom. The first-order valence-corrected chi connectivity index (χ1v) is 5.61. The van der Waals surface area contributed by atoms with Gasteiger partial charge in [0.2, 0.25) is 0 Å². The normalized spacial score (nSPS) is 11.1. The highest BCUT2D eigenvalue weighted by atomic mass is 79.9. The smallest absolute Gasteiger partial charge is 0.126 e. The summed E-state index contributed by atoms with van der Waals surface area (Å²) < 4.78 is 1.05. The molecule has 0 fully saturated rings. The molecule has 0 aliphatic rings. The molecular weight excluding hydrogens is 268 g/mol. The van der Waals surface area contributed by atoms with Crippen molar-refractivity contribution in [1.82, 2.24) is 15.2 Å². The van der Waals surface area contributed by atoms with Crippen molar-refractivity contribution in [3.8, 4) is 11.1 Å². The van der Waals surface area contributed by atoms with E-state index in [1.807, 2.05) is 18.3 Å². The molecule has 0 unspecified atom stereocenters. The molecule has 0 amide bonds. The highest BCUT2D eigenvalue weighted by molar-refractivity contribution is 9.10. The minimum absolute atomic E-state index is 0.582. The summed E-state index contributed by atoms with van der Waals surface area (Å²) in [5, 5.41) is 7.81. The van der Waals surface area contributed by atoms with Crippen molar-refractivity contribution in [3.63, 3.8) is 0 Å². The molecule has 2 aromatic heterocycles. The minimum Gasteiger partial charge on any atom is -0.384 e. The van der Waals surface area contributed by atoms with Crippen LogP contribution in [0.4, 0.5) is 5.82 Å². The number of nitrogens with one attached hydrogen (secondary N) is 2. The second-order valence-corrected chi connectivity index (χ2v) is 4.42. The van der Waals surface area contributed by atoms with E-state index in [4.69, 9.17) is 5.73 Å². The average molecular weight is 277 g/mol. The number of halogens is 1. The molecule has 4 N–H and O–H groups in total. The van der Waals surface area contributed by atoms with Gasteiger partial charge in [0.25, 0.3) is 0 Å². The van der Waals surface area contributed by atoms with Gasteiger partial charge in [-0.3, -0.25) is 5.10 Å². The molecule has 3 rings (SSSR count). The van der Waals surface area contributed by atoms with E-state index >= 15 is 0 Å². The van der Waals surface area contributed by atoms with E-state index in [0.29, 0.717) is 5.82 Å². The predicted molar refractivity (Wildman–Crippen MR) is 68.0 cm³/mol. The fourth-order valence-corrected chi connectivity index (χ4v) is 2.30. The zero-order chi connectivity index (χ0) is 11.1. The first kappa shape index (κ1) is 9.47. The van der Waals surface area contributed by atoms with Crippen LogP contribution in [0.15, 0.2) is 35.1 Å². The molecule has 0 bridgehead atoms. The molecule has 80 valence electrons. The summed E-state index contributed by atoms with van der Waals surface area (Å²) in [6.45, 7) is 0. The first-order valence-electron chi connectivity index (χ1n) is 4.82. The van der Waals surface area contributed by atoms with E-state index in [1.54, 1.807) is 6.20 Å². The van der Waals surface area contributed by atoms with Crippen LogP contribution in [0.25, 0.3) is 22.0 Å². The molecule has 0 aliphatic heterocycles. The third-order valence-electron chi connectivity index (χ3n) is 2.62. The third kappa shape index (κ3) is 1.25. The predicted octanol–water partition coefficient (Wildman–Crippen LogP) is 2.90. The quantitative estimate of drug-likeness (QED) is 0.640. The van der Waals surface area contributed by atoms with E-state index in [1.165, 1.54) is 0 Å². The maximum Gasteiger partial charge on any atom is 0.126 e. The highest BCUT2D eigenvalue weighted by Crippen LogP contribution is 2.33. The molecule has 0 aliphatic carbocycles. The number of aromatic nitrogens is 3. The van der Waals surface area contributed by atoms with Crippen molar-refractivity contribution in [2.75, 3.05) is 5.73 Å². The summed E-state index contributed by atoms with van der Waals surface area (Å²) in [6, 6.07) is 6.07. The molecule has 0 saturated heterocycles. The number of anilines is 1. The first-order chi connectivity index (χ1) is 7.77. The van der Waals surface area contributed by atoms with Gasteiger partial charge in [-0.2, -0.15) is 5.10 Å². The van der Waals surface area contributed by atoms with Gasteiger partial charge >= 0.3 is 0 Å². The van der Waals surface area contributed by atoms with E-state index in [2.05, 4.69) is 37.2 Å². The van der Waals surface area contributed by atoms with Crippen LogP contribution in [0, 0.1) is 0 Å². The van der Waals surface area contributed by atoms with Gasteiger partial charge in [-0.25, -0.2) is 0 Å². The topological polar surface area (TPSA) is 70.5 Å². The molecule has 3 aromatic rings. The number of H-pyrrole nitrogens is 2. The van der Waals surface area contributed by atoms with Crippen LogP contribution < -0.4 is 5.73 Å². The van der Waals surface area contributed by atoms with Crippen molar-refractivity contribution in [2.24, 2.45) is 0 Å². The molecule has 0 atom stereocenters. The fraction of sp³-hybridized carbons (Fsp3) is 0. The third-order valence-corrected chi connectivity index (χ3v) is 3.28. The van der Waals surface area contributed by atoms with E-state index < -0.39 is 0 Å². The Hall–Kier alpha value is -1.75. The minimum atomic E-state index is 0.582. The SMILES string of the molecule is Nc1[nH]ncc1-c1cccc2c(Br)c[nH]c12. The van der Waals surface area contributed by atoms with Gasteiger partial charge in [0.15, 0.2) is 0 Å². The van der Waals surface area contributed by atoms with Crippen LogP contribution in [0.1, 0.15) is 0 Å². The Kier molecular flexibility index (Phi) is 2.00. The van der Waals surface area contributed by atoms with Crippen LogP contribution >= 0.6 is 15.9 Å². The molecule has 5 heteroatoms. The van der Waals surface area contributed by atoms with Gasteiger partial charge in [-0.15, -0.1) is 0 Å². The van der Waals surface area contributed by atoms with Gasteiger partial charge < -0.3 is 10.7 Å². The maximum atomic E-state index is 5.83. The van der Waals surface area contributed by atoms with E-state index in [9.17, 15) is 0 Å². The standard InChI is InChI=1S/C11H9BrN4/c12-9-5-14-10-6(2-1-3-7(9)10)8-4-15-16-11(8)13/h1-5,14H,(H3,13,15,16). The van der Waals surface area contributed by atoms with Crippen molar-refractivity contribution >= 4 is 32.7 Å². The van der Waals surface area contributed by atoms with Crippen LogP contribution in [0.5, 0.6) is 0 Å². The fourth-order valence-electron chi connectivity index (χ4n) is 1.86. The van der Waals surface area contributed by atoms with Crippen molar-refractivity contribution in [1.29, 1.82) is 0 Å². The summed E-state index contributed by atoms with van der Waals surface area (Å²) in [4.78, 5) is 3.23. The number of fused-ring (bicyclic) bond motifs is 1. The van der Waals surface area contributed by atoms with Crippen LogP contribution in [0.3, 0.4) is 0 Å². The van der Waals surface area contributed by atoms with E-state index in [0.717, 1.165) is 26.5 Å². The zero-order valence-corrected chi connectivity index (χ0v) is 9.88. The summed E-state index contributed by atoms with van der Waals surface area (Å²) in [6.07, 6.45) is 3.66. The number of hydrogen-bond donors (Lipinski definition) is 3. The summed E-state index contributed by atoms with van der Waals surface area (Å²) in [5.41, 5.74) is 8.85. The Morgan fingerprint density at radius 1 is 1.25 bits per heavy atom.